The van der Waals surface area contributed by atoms with Crippen molar-refractivity contribution in [1.29, 1.82) is 0 Å². The first-order chi connectivity index (χ1) is 9.24. The number of nitrogens with one attached hydrogen (secondary N) is 2. The van der Waals surface area contributed by atoms with E-state index in [1.807, 2.05) is 0 Å². The van der Waals surface area contributed by atoms with E-state index in [1.54, 1.807) is 0 Å². The van der Waals surface area contributed by atoms with Crippen molar-refractivity contribution in [3.05, 3.63) is 35.5 Å². The number of aromatic amines is 1. The van der Waals surface area contributed by atoms with E-state index in [-0.39, 0.29) is 0 Å². The molecular weight excluding hydrogens is 234 g/mol. The van der Waals surface area contributed by atoms with Crippen LogP contribution >= 0.6 is 0 Å². The van der Waals surface area contributed by atoms with Crippen LogP contribution in [0.2, 0.25) is 0 Å². The van der Waals surface area contributed by atoms with Crippen molar-refractivity contribution in [2.24, 2.45) is 0 Å². The molecule has 1 aliphatic heterocycles. The molecule has 1 aromatic carbocycles. The number of hydrogen-bond acceptors (Lipinski definition) is 2. The van der Waals surface area contributed by atoms with Gasteiger partial charge in [0.1, 0.15) is 0 Å². The van der Waals surface area contributed by atoms with Crippen LogP contribution in [0, 0.1) is 0 Å². The molecule has 3 heteroatoms. The van der Waals surface area contributed by atoms with E-state index in [2.05, 4.69) is 53.3 Å². The number of fused-ring (bicyclic) bond motifs is 1. The van der Waals surface area contributed by atoms with Crippen LogP contribution in [0.1, 0.15) is 31.0 Å². The quantitative estimate of drug-likeness (QED) is 0.886. The number of piperazine rings is 1. The molecule has 0 radical (unpaired) electrons. The van der Waals surface area contributed by atoms with Crippen molar-refractivity contribution >= 4 is 10.9 Å². The summed E-state index contributed by atoms with van der Waals surface area (Å²) in [7, 11) is 0. The molecule has 0 atom stereocenters. The Bertz CT molecular complexity index is 550. The third-order valence-electron chi connectivity index (χ3n) is 4.00. The molecule has 3 nitrogen and oxygen atoms in total. The fourth-order valence-electron chi connectivity index (χ4n) is 2.80. The summed E-state index contributed by atoms with van der Waals surface area (Å²) in [6, 6.07) is 8.95. The Morgan fingerprint density at radius 2 is 2.00 bits per heavy atom. The first kappa shape index (κ1) is 12.7. The molecule has 3 rings (SSSR count). The second-order valence-corrected chi connectivity index (χ2v) is 5.78. The highest BCUT2D eigenvalue weighted by Gasteiger charge is 2.13. The van der Waals surface area contributed by atoms with E-state index >= 15 is 0 Å². The molecule has 1 aromatic heterocycles. The molecule has 0 bridgehead atoms. The third-order valence-corrected chi connectivity index (χ3v) is 4.00. The molecule has 19 heavy (non-hydrogen) atoms. The van der Waals surface area contributed by atoms with E-state index in [1.165, 1.54) is 22.2 Å². The normalized spacial score (nSPS) is 17.4. The average Bonchev–Trinajstić information content (AvgIpc) is 2.85. The topological polar surface area (TPSA) is 31.1 Å². The van der Waals surface area contributed by atoms with Crippen molar-refractivity contribution in [3.8, 4) is 0 Å². The van der Waals surface area contributed by atoms with Gasteiger partial charge in [-0.25, -0.2) is 0 Å². The summed E-state index contributed by atoms with van der Waals surface area (Å²) in [5, 5.41) is 4.80. The average molecular weight is 257 g/mol. The SMILES string of the molecule is CC(C)c1cc2c(CN3CCNCC3)cccc2[nH]1. The molecule has 0 amide bonds. The van der Waals surface area contributed by atoms with Gasteiger partial charge in [-0.05, 0) is 23.6 Å². The lowest BCUT2D eigenvalue weighted by molar-refractivity contribution is 0.234. The second-order valence-electron chi connectivity index (χ2n) is 5.78. The minimum Gasteiger partial charge on any atom is -0.358 e. The molecule has 0 unspecified atom stereocenters. The standard InChI is InChI=1S/C16H23N3/c1-12(2)16-10-14-13(4-3-5-15(14)18-16)11-19-8-6-17-7-9-19/h3-5,10,12,17-18H,6-9,11H2,1-2H3. The van der Waals surface area contributed by atoms with Crippen LogP contribution in [-0.2, 0) is 6.54 Å². The van der Waals surface area contributed by atoms with Gasteiger partial charge in [-0.1, -0.05) is 26.0 Å². The zero-order valence-electron chi connectivity index (χ0n) is 11.9. The van der Waals surface area contributed by atoms with Gasteiger partial charge in [0.15, 0.2) is 0 Å². The van der Waals surface area contributed by atoms with Crippen LogP contribution in [0.25, 0.3) is 10.9 Å². The van der Waals surface area contributed by atoms with Gasteiger partial charge in [0.25, 0.3) is 0 Å². The highest BCUT2D eigenvalue weighted by molar-refractivity contribution is 5.84. The number of benzene rings is 1. The Kier molecular flexibility index (Phi) is 3.58. The van der Waals surface area contributed by atoms with Gasteiger partial charge in [-0.3, -0.25) is 4.90 Å². The Balaban J connectivity index is 1.89. The Morgan fingerprint density at radius 1 is 1.21 bits per heavy atom. The van der Waals surface area contributed by atoms with Crippen LogP contribution in [0.15, 0.2) is 24.3 Å². The molecule has 2 heterocycles. The number of H-pyrrole nitrogens is 1. The minimum atomic E-state index is 0.555. The van der Waals surface area contributed by atoms with Gasteiger partial charge in [-0.2, -0.15) is 0 Å². The lowest BCUT2D eigenvalue weighted by Gasteiger charge is -2.27. The fourth-order valence-corrected chi connectivity index (χ4v) is 2.80. The molecule has 1 aliphatic rings. The highest BCUT2D eigenvalue weighted by Crippen LogP contribution is 2.25. The predicted molar refractivity (Wildman–Crippen MR) is 80.5 cm³/mol. The van der Waals surface area contributed by atoms with Gasteiger partial charge in [0, 0.05) is 49.3 Å². The molecule has 0 spiro atoms. The molecule has 0 aliphatic carbocycles. The first-order valence-electron chi connectivity index (χ1n) is 7.27. The fraction of sp³-hybridized carbons (Fsp3) is 0.500. The van der Waals surface area contributed by atoms with Gasteiger partial charge >= 0.3 is 0 Å². The van der Waals surface area contributed by atoms with Crippen molar-refractivity contribution < 1.29 is 0 Å². The number of hydrogen-bond donors (Lipinski definition) is 2. The van der Waals surface area contributed by atoms with Crippen molar-refractivity contribution in [3.63, 3.8) is 0 Å². The third kappa shape index (κ3) is 2.67. The second kappa shape index (κ2) is 5.35. The summed E-state index contributed by atoms with van der Waals surface area (Å²) >= 11 is 0. The largest absolute Gasteiger partial charge is 0.358 e. The maximum atomic E-state index is 3.54. The zero-order valence-corrected chi connectivity index (χ0v) is 11.9. The summed E-state index contributed by atoms with van der Waals surface area (Å²) in [6.45, 7) is 10.1. The Morgan fingerprint density at radius 3 is 2.74 bits per heavy atom. The van der Waals surface area contributed by atoms with Crippen molar-refractivity contribution in [2.75, 3.05) is 26.2 Å². The number of aromatic nitrogens is 1. The van der Waals surface area contributed by atoms with Gasteiger partial charge in [-0.15, -0.1) is 0 Å². The zero-order chi connectivity index (χ0) is 13.2. The maximum Gasteiger partial charge on any atom is 0.0459 e. The van der Waals surface area contributed by atoms with Crippen LogP contribution in [0.5, 0.6) is 0 Å². The monoisotopic (exact) mass is 257 g/mol. The van der Waals surface area contributed by atoms with E-state index in [9.17, 15) is 0 Å². The Hall–Kier alpha value is -1.32. The van der Waals surface area contributed by atoms with Crippen LogP contribution < -0.4 is 5.32 Å². The summed E-state index contributed by atoms with van der Waals surface area (Å²) in [6.07, 6.45) is 0. The highest BCUT2D eigenvalue weighted by atomic mass is 15.2. The van der Waals surface area contributed by atoms with Crippen LogP contribution in [-0.4, -0.2) is 36.1 Å². The molecule has 0 saturated carbocycles. The van der Waals surface area contributed by atoms with Gasteiger partial charge in [0.05, 0.1) is 0 Å². The first-order valence-corrected chi connectivity index (χ1v) is 7.27. The van der Waals surface area contributed by atoms with Gasteiger partial charge in [0.2, 0.25) is 0 Å². The summed E-state index contributed by atoms with van der Waals surface area (Å²) in [4.78, 5) is 6.08. The molecule has 1 fully saturated rings. The van der Waals surface area contributed by atoms with E-state index in [0.29, 0.717) is 5.92 Å². The van der Waals surface area contributed by atoms with Crippen LogP contribution in [0.4, 0.5) is 0 Å². The maximum absolute atomic E-state index is 3.54. The van der Waals surface area contributed by atoms with E-state index in [4.69, 9.17) is 0 Å². The minimum absolute atomic E-state index is 0.555. The summed E-state index contributed by atoms with van der Waals surface area (Å²) in [5.74, 6) is 0.555. The molecule has 1 saturated heterocycles. The number of nitrogens with zero attached hydrogens (tertiary/aromatic N) is 1. The van der Waals surface area contributed by atoms with E-state index in [0.717, 1.165) is 32.7 Å². The van der Waals surface area contributed by atoms with Gasteiger partial charge < -0.3 is 10.3 Å². The van der Waals surface area contributed by atoms with E-state index < -0.39 is 0 Å². The lowest BCUT2D eigenvalue weighted by atomic mass is 10.1. The number of rotatable bonds is 3. The lowest BCUT2D eigenvalue weighted by Crippen LogP contribution is -2.42. The molecular formula is C16H23N3. The van der Waals surface area contributed by atoms with Crippen molar-refractivity contribution in [1.82, 2.24) is 15.2 Å². The Labute approximate surface area is 115 Å². The smallest absolute Gasteiger partial charge is 0.0459 e. The molecule has 102 valence electrons. The summed E-state index contributed by atoms with van der Waals surface area (Å²) in [5.41, 5.74) is 4.06. The predicted octanol–water partition coefficient (Wildman–Crippen LogP) is 2.70. The van der Waals surface area contributed by atoms with Crippen molar-refractivity contribution in [2.45, 2.75) is 26.3 Å². The van der Waals surface area contributed by atoms with Crippen LogP contribution in [0.3, 0.4) is 0 Å². The molecule has 2 aromatic rings. The molecule has 2 N–H and O–H groups in total. The summed E-state index contributed by atoms with van der Waals surface area (Å²) < 4.78 is 0.